The number of fused-ring (bicyclic) bond motifs is 1. The summed E-state index contributed by atoms with van der Waals surface area (Å²) >= 11 is 1.10. The Balaban J connectivity index is 1.61. The minimum Gasteiger partial charge on any atom is -0.378 e. The molecule has 1 saturated carbocycles. The van der Waals surface area contributed by atoms with Crippen molar-refractivity contribution in [1.29, 1.82) is 0 Å². The Labute approximate surface area is 102 Å². The quantitative estimate of drug-likeness (QED) is 0.660. The first-order valence-electron chi connectivity index (χ1n) is 5.72. The third-order valence-corrected chi connectivity index (χ3v) is 4.36. The second-order valence-electron chi connectivity index (χ2n) is 4.46. The first-order valence-corrected chi connectivity index (χ1v) is 6.54. The lowest BCUT2D eigenvalue weighted by atomic mass is 9.72. The molecule has 0 unspecified atom stereocenters. The van der Waals surface area contributed by atoms with Crippen molar-refractivity contribution in [3.05, 3.63) is 16.3 Å². The highest BCUT2D eigenvalue weighted by atomic mass is 32.1. The van der Waals surface area contributed by atoms with E-state index in [1.807, 2.05) is 0 Å². The Morgan fingerprint density at radius 3 is 3.24 bits per heavy atom. The predicted molar refractivity (Wildman–Crippen MR) is 63.3 cm³/mol. The van der Waals surface area contributed by atoms with Crippen LogP contribution in [0.15, 0.2) is 6.20 Å². The van der Waals surface area contributed by atoms with Crippen molar-refractivity contribution in [2.45, 2.75) is 31.4 Å². The van der Waals surface area contributed by atoms with Crippen molar-refractivity contribution in [1.82, 2.24) is 4.98 Å². The summed E-state index contributed by atoms with van der Waals surface area (Å²) in [6.45, 7) is 0.872. The molecule has 0 radical (unpaired) electrons. The summed E-state index contributed by atoms with van der Waals surface area (Å²) in [4.78, 5) is 14.2. The fourth-order valence-corrected chi connectivity index (χ4v) is 3.23. The molecule has 1 aliphatic heterocycles. The van der Waals surface area contributed by atoms with Gasteiger partial charge in [0, 0.05) is 18.6 Å². The Bertz CT molecular complexity index is 436. The molecule has 7 heteroatoms. The van der Waals surface area contributed by atoms with Crippen LogP contribution in [-0.2, 0) is 4.74 Å². The van der Waals surface area contributed by atoms with Gasteiger partial charge in [-0.25, -0.2) is 4.98 Å². The van der Waals surface area contributed by atoms with E-state index in [4.69, 9.17) is 4.74 Å². The SMILES string of the molecule is O=[N+]([O-])c1cnc(N[C@@H]2C[C@@H]3OCCC[C@@H]32)s1. The number of anilines is 1. The molecule has 6 nitrogen and oxygen atoms in total. The molecule has 0 aromatic carbocycles. The number of nitro groups is 1. The summed E-state index contributed by atoms with van der Waals surface area (Å²) in [5, 5.41) is 14.5. The van der Waals surface area contributed by atoms with Gasteiger partial charge in [0.1, 0.15) is 6.20 Å². The van der Waals surface area contributed by atoms with Crippen LogP contribution >= 0.6 is 11.3 Å². The van der Waals surface area contributed by atoms with Gasteiger partial charge in [-0.3, -0.25) is 10.1 Å². The predicted octanol–water partition coefficient (Wildman–Crippen LogP) is 2.03. The maximum atomic E-state index is 10.5. The van der Waals surface area contributed by atoms with E-state index in [0.29, 0.717) is 23.2 Å². The number of hydrogen-bond donors (Lipinski definition) is 1. The molecular weight excluding hydrogens is 242 g/mol. The van der Waals surface area contributed by atoms with Crippen LogP contribution in [0.3, 0.4) is 0 Å². The number of nitrogens with zero attached hydrogens (tertiary/aromatic N) is 2. The third kappa shape index (κ3) is 2.00. The largest absolute Gasteiger partial charge is 0.378 e. The Hall–Kier alpha value is -1.21. The molecule has 2 heterocycles. The molecule has 0 spiro atoms. The highest BCUT2D eigenvalue weighted by Gasteiger charge is 2.43. The molecule has 3 atom stereocenters. The topological polar surface area (TPSA) is 77.3 Å². The summed E-state index contributed by atoms with van der Waals surface area (Å²) < 4.78 is 5.62. The normalized spacial score (nSPS) is 31.4. The third-order valence-electron chi connectivity index (χ3n) is 3.48. The maximum absolute atomic E-state index is 10.5. The van der Waals surface area contributed by atoms with Gasteiger partial charge in [0.2, 0.25) is 0 Å². The minimum atomic E-state index is -0.407. The standard InChI is InChI=1S/C10H13N3O3S/c14-13(15)9-5-11-10(17-9)12-7-4-8-6(7)2-1-3-16-8/h5-8H,1-4H2,(H,11,12)/t6-,7-,8+/m1/s1. The maximum Gasteiger partial charge on any atom is 0.345 e. The molecule has 1 saturated heterocycles. The van der Waals surface area contributed by atoms with Crippen molar-refractivity contribution < 1.29 is 9.66 Å². The molecule has 0 bridgehead atoms. The highest BCUT2D eigenvalue weighted by molar-refractivity contribution is 7.18. The van der Waals surface area contributed by atoms with Crippen LogP contribution in [0, 0.1) is 16.0 Å². The zero-order valence-electron chi connectivity index (χ0n) is 9.17. The Kier molecular flexibility index (Phi) is 2.71. The van der Waals surface area contributed by atoms with Crippen LogP contribution in [0.25, 0.3) is 0 Å². The van der Waals surface area contributed by atoms with Gasteiger partial charge in [0.05, 0.1) is 11.0 Å². The second kappa shape index (κ2) is 4.23. The number of aromatic nitrogens is 1. The van der Waals surface area contributed by atoms with E-state index in [0.717, 1.165) is 30.8 Å². The molecule has 1 N–H and O–H groups in total. The minimum absolute atomic E-state index is 0.0864. The Morgan fingerprint density at radius 2 is 2.53 bits per heavy atom. The molecule has 2 aliphatic rings. The second-order valence-corrected chi connectivity index (χ2v) is 5.47. The first kappa shape index (κ1) is 10.9. The number of rotatable bonds is 3. The molecule has 1 aromatic rings. The van der Waals surface area contributed by atoms with Gasteiger partial charge >= 0.3 is 5.00 Å². The summed E-state index contributed by atoms with van der Waals surface area (Å²) in [6, 6.07) is 0.367. The molecular formula is C10H13N3O3S. The van der Waals surface area contributed by atoms with Gasteiger partial charge in [-0.1, -0.05) is 0 Å². The van der Waals surface area contributed by atoms with Crippen LogP contribution in [0.5, 0.6) is 0 Å². The van der Waals surface area contributed by atoms with Gasteiger partial charge in [-0.15, -0.1) is 0 Å². The smallest absolute Gasteiger partial charge is 0.345 e. The lowest BCUT2D eigenvalue weighted by molar-refractivity contribution is -0.380. The van der Waals surface area contributed by atoms with E-state index in [9.17, 15) is 10.1 Å². The molecule has 3 rings (SSSR count). The van der Waals surface area contributed by atoms with Crippen LogP contribution in [0.4, 0.5) is 10.1 Å². The summed E-state index contributed by atoms with van der Waals surface area (Å²) in [5.41, 5.74) is 0. The van der Waals surface area contributed by atoms with Crippen molar-refractivity contribution in [2.75, 3.05) is 11.9 Å². The monoisotopic (exact) mass is 255 g/mol. The zero-order chi connectivity index (χ0) is 11.8. The van der Waals surface area contributed by atoms with E-state index in [1.165, 1.54) is 12.6 Å². The van der Waals surface area contributed by atoms with Crippen molar-refractivity contribution in [3.63, 3.8) is 0 Å². The lowest BCUT2D eigenvalue weighted by Gasteiger charge is -2.47. The van der Waals surface area contributed by atoms with Crippen LogP contribution < -0.4 is 5.32 Å². The van der Waals surface area contributed by atoms with Crippen molar-refractivity contribution in [2.24, 2.45) is 5.92 Å². The van der Waals surface area contributed by atoms with Crippen molar-refractivity contribution in [3.8, 4) is 0 Å². The summed E-state index contributed by atoms with van der Waals surface area (Å²) in [5.74, 6) is 0.548. The van der Waals surface area contributed by atoms with Gasteiger partial charge in [-0.05, 0) is 30.6 Å². The van der Waals surface area contributed by atoms with Gasteiger partial charge in [0.25, 0.3) is 0 Å². The van der Waals surface area contributed by atoms with Crippen LogP contribution in [0.1, 0.15) is 19.3 Å². The molecule has 1 aliphatic carbocycles. The number of nitrogens with one attached hydrogen (secondary N) is 1. The highest BCUT2D eigenvalue weighted by Crippen LogP contribution is 2.40. The average Bonchev–Trinajstić information content (AvgIpc) is 2.75. The molecule has 0 amide bonds. The van der Waals surface area contributed by atoms with E-state index >= 15 is 0 Å². The molecule has 2 fully saturated rings. The average molecular weight is 255 g/mol. The van der Waals surface area contributed by atoms with E-state index in [-0.39, 0.29) is 5.00 Å². The zero-order valence-corrected chi connectivity index (χ0v) is 9.98. The number of ether oxygens (including phenoxy) is 1. The lowest BCUT2D eigenvalue weighted by Crippen LogP contribution is -2.53. The van der Waals surface area contributed by atoms with Crippen LogP contribution in [-0.4, -0.2) is 28.7 Å². The Morgan fingerprint density at radius 1 is 1.65 bits per heavy atom. The number of hydrogen-bond acceptors (Lipinski definition) is 6. The van der Waals surface area contributed by atoms with Crippen molar-refractivity contribution >= 4 is 21.5 Å². The van der Waals surface area contributed by atoms with E-state index in [1.54, 1.807) is 0 Å². The van der Waals surface area contributed by atoms with E-state index < -0.39 is 4.92 Å². The van der Waals surface area contributed by atoms with Gasteiger partial charge < -0.3 is 10.1 Å². The van der Waals surface area contributed by atoms with Crippen LogP contribution in [0.2, 0.25) is 0 Å². The van der Waals surface area contributed by atoms with Gasteiger partial charge in [0.15, 0.2) is 5.13 Å². The van der Waals surface area contributed by atoms with Gasteiger partial charge in [-0.2, -0.15) is 0 Å². The fraction of sp³-hybridized carbons (Fsp3) is 0.700. The fourth-order valence-electron chi connectivity index (χ4n) is 2.54. The first-order chi connectivity index (χ1) is 8.24. The summed E-state index contributed by atoms with van der Waals surface area (Å²) in [6.07, 6.45) is 4.96. The molecule has 1 aromatic heterocycles. The van der Waals surface area contributed by atoms with E-state index in [2.05, 4.69) is 10.3 Å². The number of thiazole rings is 1. The summed E-state index contributed by atoms with van der Waals surface area (Å²) in [7, 11) is 0. The molecule has 17 heavy (non-hydrogen) atoms. The molecule has 92 valence electrons.